The minimum absolute atomic E-state index is 0.173. The van der Waals surface area contributed by atoms with Gasteiger partial charge in [0.15, 0.2) is 17.5 Å². The predicted octanol–water partition coefficient (Wildman–Crippen LogP) is 13.9. The number of aliphatic imine (C=N–C) groups is 1. The Morgan fingerprint density at radius 1 is 0.600 bits per heavy atom. The maximum Gasteiger partial charge on any atom is 0.164 e. The van der Waals surface area contributed by atoms with Crippen LogP contribution in [0.1, 0.15) is 54.5 Å². The van der Waals surface area contributed by atoms with Crippen molar-refractivity contribution in [1.82, 2.24) is 24.9 Å². The highest BCUT2D eigenvalue weighted by Gasteiger charge is 2.35. The maximum atomic E-state index is 6.89. The zero-order valence-electron chi connectivity index (χ0n) is 39.1. The van der Waals surface area contributed by atoms with Crippen molar-refractivity contribution in [1.29, 1.82) is 0 Å². The van der Waals surface area contributed by atoms with Crippen molar-refractivity contribution in [3.63, 3.8) is 0 Å². The number of amidine groups is 1. The van der Waals surface area contributed by atoms with E-state index >= 15 is 0 Å². The number of nitrogens with one attached hydrogen (secondary N) is 2. The van der Waals surface area contributed by atoms with Crippen LogP contribution >= 0.6 is 0 Å². The monoisotopic (exact) mass is 906 g/mol. The van der Waals surface area contributed by atoms with Gasteiger partial charge < -0.3 is 10.3 Å². The normalized spacial score (nSPS) is 13.9. The lowest BCUT2D eigenvalue weighted by atomic mass is 9.82. The Kier molecular flexibility index (Phi) is 10.7. The number of hydrogen-bond donors (Lipinski definition) is 3. The van der Waals surface area contributed by atoms with E-state index in [1.165, 1.54) is 22.3 Å². The van der Waals surface area contributed by atoms with Crippen LogP contribution in [0.4, 0.5) is 5.69 Å². The quantitative estimate of drug-likeness (QED) is 0.0717. The summed E-state index contributed by atoms with van der Waals surface area (Å²) in [6.07, 6.45) is 6.05. The average Bonchev–Trinajstić information content (AvgIpc) is 3.87. The van der Waals surface area contributed by atoms with Gasteiger partial charge in [0.25, 0.3) is 0 Å². The molecule has 338 valence electrons. The Balaban J connectivity index is 1.02. The molecule has 4 N–H and O–H groups in total. The van der Waals surface area contributed by atoms with Gasteiger partial charge >= 0.3 is 0 Å². The molecule has 0 saturated heterocycles. The molecule has 0 fully saturated rings. The van der Waals surface area contributed by atoms with Gasteiger partial charge in [-0.05, 0) is 64.9 Å². The molecule has 0 saturated carbocycles. The summed E-state index contributed by atoms with van der Waals surface area (Å²) in [4.78, 5) is 20.8. The Morgan fingerprint density at radius 3 is 2.03 bits per heavy atom. The third-order valence-electron chi connectivity index (χ3n) is 13.8. The number of para-hydroxylation sites is 1. The smallest absolute Gasteiger partial charge is 0.164 e. The van der Waals surface area contributed by atoms with Crippen LogP contribution in [-0.4, -0.2) is 25.4 Å². The zero-order chi connectivity index (χ0) is 47.2. The summed E-state index contributed by atoms with van der Waals surface area (Å²) in [5, 5.41) is 2.21. The highest BCUT2D eigenvalue weighted by atomic mass is 15.4. The minimum atomic E-state index is -0.173. The highest BCUT2D eigenvalue weighted by molar-refractivity contribution is 6.15. The first kappa shape index (κ1) is 42.5. The lowest BCUT2D eigenvalue weighted by Gasteiger charge is -2.22. The highest BCUT2D eigenvalue weighted by Crippen LogP contribution is 2.49. The van der Waals surface area contributed by atoms with Crippen molar-refractivity contribution in [2.24, 2.45) is 10.7 Å². The van der Waals surface area contributed by atoms with Gasteiger partial charge in [-0.3, -0.25) is 15.8 Å². The van der Waals surface area contributed by atoms with Crippen molar-refractivity contribution < 1.29 is 0 Å². The van der Waals surface area contributed by atoms with Crippen LogP contribution in [-0.2, 0) is 12.0 Å². The first-order valence-electron chi connectivity index (χ1n) is 23.9. The fourth-order valence-electron chi connectivity index (χ4n) is 10.3. The summed E-state index contributed by atoms with van der Waals surface area (Å²) in [5.74, 6) is 2.54. The number of hydrazine groups is 1. The molecule has 2 aliphatic carbocycles. The first-order valence-corrected chi connectivity index (χ1v) is 23.9. The topological polar surface area (TPSA) is 106 Å². The van der Waals surface area contributed by atoms with E-state index in [-0.39, 0.29) is 5.41 Å². The van der Waals surface area contributed by atoms with Gasteiger partial charge in [0.2, 0.25) is 0 Å². The second-order valence-corrected chi connectivity index (χ2v) is 18.5. The van der Waals surface area contributed by atoms with E-state index in [1.54, 1.807) is 0 Å². The number of benzene rings is 8. The van der Waals surface area contributed by atoms with Gasteiger partial charge in [0, 0.05) is 61.0 Å². The number of fused-ring (bicyclic) bond motifs is 6. The molecule has 2 aromatic heterocycles. The van der Waals surface area contributed by atoms with Crippen LogP contribution in [0.5, 0.6) is 0 Å². The van der Waals surface area contributed by atoms with E-state index in [2.05, 4.69) is 181 Å². The molecule has 12 rings (SSSR count). The number of nitrogens with two attached hydrogens (primary N) is 1. The minimum Gasteiger partial charge on any atom is -0.402 e. The van der Waals surface area contributed by atoms with Gasteiger partial charge in [-0.25, -0.2) is 15.0 Å². The van der Waals surface area contributed by atoms with Crippen LogP contribution in [0.25, 0.3) is 78.4 Å². The Hall–Kier alpha value is -8.88. The van der Waals surface area contributed by atoms with Crippen LogP contribution in [0.2, 0.25) is 0 Å². The zero-order valence-corrected chi connectivity index (χ0v) is 39.1. The van der Waals surface area contributed by atoms with Crippen LogP contribution in [0.15, 0.2) is 217 Å². The number of allylic oxidation sites excluding steroid dienone is 4. The van der Waals surface area contributed by atoms with Crippen molar-refractivity contribution in [2.45, 2.75) is 38.6 Å². The van der Waals surface area contributed by atoms with Gasteiger partial charge in [0.05, 0.1) is 23.3 Å². The van der Waals surface area contributed by atoms with E-state index in [4.69, 9.17) is 25.7 Å². The fraction of sp³-hybridized carbons (Fsp3) is 0.0968. The number of hydrogen-bond acceptors (Lipinski definition) is 6. The molecule has 0 spiro atoms. The molecule has 70 heavy (non-hydrogen) atoms. The second kappa shape index (κ2) is 17.6. The second-order valence-electron chi connectivity index (χ2n) is 18.5. The van der Waals surface area contributed by atoms with Crippen LogP contribution in [0.3, 0.4) is 0 Å². The van der Waals surface area contributed by atoms with Gasteiger partial charge in [-0.15, -0.1) is 0 Å². The third kappa shape index (κ3) is 7.60. The third-order valence-corrected chi connectivity index (χ3v) is 13.8. The summed E-state index contributed by atoms with van der Waals surface area (Å²) in [5.41, 5.74) is 30.7. The molecule has 0 aliphatic heterocycles. The van der Waals surface area contributed by atoms with E-state index in [1.807, 2.05) is 54.6 Å². The SMILES string of the molecule is CC1(C)c2ccccc2-c2ccc(-c3nc(-c4ccccc4)nc(-c4cccc(-n5c6ccccc6c6ccc(C7=C(N)CCC=C7)c(NN/C(=N\Cc7ccccc7)c7ccccc7)c65)c4)n3)cc21. The van der Waals surface area contributed by atoms with E-state index < -0.39 is 0 Å². The Labute approximate surface area is 407 Å². The molecule has 2 heterocycles. The van der Waals surface area contributed by atoms with Crippen molar-refractivity contribution >= 4 is 38.9 Å². The molecule has 0 unspecified atom stereocenters. The lowest BCUT2D eigenvalue weighted by Crippen LogP contribution is -2.31. The molecule has 0 radical (unpaired) electrons. The summed E-state index contributed by atoms with van der Waals surface area (Å²) in [6.45, 7) is 5.11. The predicted molar refractivity (Wildman–Crippen MR) is 287 cm³/mol. The molecule has 8 nitrogen and oxygen atoms in total. The van der Waals surface area contributed by atoms with E-state index in [0.717, 1.165) is 96.5 Å². The fourth-order valence-corrected chi connectivity index (χ4v) is 10.3. The molecule has 0 bridgehead atoms. The summed E-state index contributed by atoms with van der Waals surface area (Å²) >= 11 is 0. The molecule has 0 atom stereocenters. The lowest BCUT2D eigenvalue weighted by molar-refractivity contribution is 0.660. The van der Waals surface area contributed by atoms with Crippen molar-refractivity contribution in [3.8, 4) is 51.0 Å². The Morgan fingerprint density at radius 2 is 1.24 bits per heavy atom. The molecule has 2 aliphatic rings. The van der Waals surface area contributed by atoms with Crippen molar-refractivity contribution in [2.75, 3.05) is 5.43 Å². The summed E-state index contributed by atoms with van der Waals surface area (Å²) < 4.78 is 2.34. The molecular weight excluding hydrogens is 857 g/mol. The Bertz CT molecular complexity index is 3720. The van der Waals surface area contributed by atoms with Crippen LogP contribution < -0.4 is 16.6 Å². The molecule has 8 heteroatoms. The maximum absolute atomic E-state index is 6.89. The largest absolute Gasteiger partial charge is 0.402 e. The average molecular weight is 907 g/mol. The molecule has 0 amide bonds. The molecular formula is C62H50N8. The number of anilines is 1. The van der Waals surface area contributed by atoms with Crippen molar-refractivity contribution in [3.05, 3.63) is 240 Å². The van der Waals surface area contributed by atoms with E-state index in [9.17, 15) is 0 Å². The molecule has 8 aromatic carbocycles. The number of nitrogens with zero attached hydrogens (tertiary/aromatic N) is 5. The number of aromatic nitrogens is 4. The van der Waals surface area contributed by atoms with Gasteiger partial charge in [-0.1, -0.05) is 196 Å². The van der Waals surface area contributed by atoms with Gasteiger partial charge in [-0.2, -0.15) is 0 Å². The summed E-state index contributed by atoms with van der Waals surface area (Å²) in [7, 11) is 0. The summed E-state index contributed by atoms with van der Waals surface area (Å²) in [6, 6.07) is 67.6. The van der Waals surface area contributed by atoms with Gasteiger partial charge in [0.1, 0.15) is 5.84 Å². The van der Waals surface area contributed by atoms with E-state index in [0.29, 0.717) is 24.0 Å². The van der Waals surface area contributed by atoms with Crippen LogP contribution in [0, 0.1) is 0 Å². The standard InChI is InChI=1S/C62H50N8/c1-62(2)52-30-15-12-27-46(52)47-34-33-44(38-53(47)62)61-66-59(42-23-10-5-11-24-42)65-60(67-61)43-25-18-26-45(37-43)70-55-32-17-14-29-49(55)51-36-35-50(48-28-13-16-31-54(48)63)56(57(51)70)68-69-58(41-21-8-4-9-22-41)64-39-40-19-6-3-7-20-40/h3-15,17-30,32-38,68H,16,31,39,63H2,1-2H3,(H,64,69). The molecule has 10 aromatic rings. The first-order chi connectivity index (χ1) is 34.4. The number of rotatable bonds is 10.